The summed E-state index contributed by atoms with van der Waals surface area (Å²) < 4.78 is 34.5. The summed E-state index contributed by atoms with van der Waals surface area (Å²) in [5, 5.41) is 0. The van der Waals surface area contributed by atoms with Gasteiger partial charge in [-0.15, -0.1) is 0 Å². The Balaban J connectivity index is 2.19. The molecule has 2 atom stereocenters. The summed E-state index contributed by atoms with van der Waals surface area (Å²) in [6.07, 6.45) is -4.63. The third kappa shape index (κ3) is 2.22. The Morgan fingerprint density at radius 1 is 1.56 bits per heavy atom. The Hall–Kier alpha value is -0.250. The minimum atomic E-state index is -3.98. The van der Waals surface area contributed by atoms with Gasteiger partial charge in [0.25, 0.3) is 0 Å². The highest BCUT2D eigenvalue weighted by Crippen LogP contribution is 2.29. The molecule has 0 aromatic rings. The van der Waals surface area contributed by atoms with Gasteiger partial charge < -0.3 is 4.90 Å². The molecule has 1 fully saturated rings. The summed E-state index contributed by atoms with van der Waals surface area (Å²) in [5.74, 6) is 0. The van der Waals surface area contributed by atoms with Crippen LogP contribution >= 0.6 is 0 Å². The predicted octanol–water partition coefficient (Wildman–Crippen LogP) is 1.25. The van der Waals surface area contributed by atoms with Crippen molar-refractivity contribution in [3.63, 3.8) is 0 Å². The summed E-state index contributed by atoms with van der Waals surface area (Å²) >= 11 is 0. The lowest BCUT2D eigenvalue weighted by Crippen LogP contribution is -2.12. The molecule has 1 aliphatic rings. The minimum absolute atomic E-state index is 0.231. The molecule has 0 saturated carbocycles. The summed E-state index contributed by atoms with van der Waals surface area (Å²) in [5.41, 5.74) is 0. The molecular weight excluding hydrogens is 131 g/mol. The van der Waals surface area contributed by atoms with Crippen molar-refractivity contribution in [1.29, 1.82) is 0 Å². The van der Waals surface area contributed by atoms with Crippen LogP contribution in [0.2, 0.25) is 0 Å². The van der Waals surface area contributed by atoms with E-state index in [1.165, 1.54) is 0 Å². The van der Waals surface area contributed by atoms with Crippen LogP contribution in [-0.2, 0) is 0 Å². The molecule has 0 aliphatic carbocycles. The van der Waals surface area contributed by atoms with Crippen LogP contribution in [0, 0.1) is 0 Å². The van der Waals surface area contributed by atoms with Crippen molar-refractivity contribution in [2.24, 2.45) is 0 Å². The van der Waals surface area contributed by atoms with Gasteiger partial charge in [0, 0.05) is 12.6 Å². The van der Waals surface area contributed by atoms with E-state index in [1.54, 1.807) is 11.9 Å². The summed E-state index contributed by atoms with van der Waals surface area (Å²) in [6, 6.07) is -0.231. The molecule has 1 aliphatic heterocycles. The van der Waals surface area contributed by atoms with Gasteiger partial charge in [0.2, 0.25) is 0 Å². The van der Waals surface area contributed by atoms with Crippen LogP contribution in [0.3, 0.4) is 0 Å². The van der Waals surface area contributed by atoms with Gasteiger partial charge in [0.1, 0.15) is 0 Å². The summed E-state index contributed by atoms with van der Waals surface area (Å²) in [4.78, 5) is 1.67. The van der Waals surface area contributed by atoms with E-state index in [2.05, 4.69) is 0 Å². The molecule has 0 aromatic carbocycles. The van der Waals surface area contributed by atoms with Crippen molar-refractivity contribution < 1.29 is 13.2 Å². The van der Waals surface area contributed by atoms with Gasteiger partial charge in [0.15, 0.2) is 0 Å². The predicted molar refractivity (Wildman–Crippen MR) is 27.1 cm³/mol. The zero-order chi connectivity index (χ0) is 7.07. The molecular formula is C5H8F3N. The van der Waals surface area contributed by atoms with Gasteiger partial charge in [-0.05, 0) is 7.05 Å². The molecule has 0 radical (unpaired) electrons. The second-order valence-corrected chi connectivity index (χ2v) is 2.41. The molecule has 0 amide bonds. The highest BCUT2D eigenvalue weighted by molar-refractivity contribution is 4.87. The van der Waals surface area contributed by atoms with E-state index in [9.17, 15) is 13.2 Å². The fourth-order valence-corrected chi connectivity index (χ4v) is 0.773. The smallest absolute Gasteiger partial charge is 0.300 e. The molecule has 0 spiro atoms. The molecule has 1 nitrogen and oxygen atoms in total. The average molecular weight is 139 g/mol. The molecule has 9 heavy (non-hydrogen) atoms. The first-order chi connectivity index (χ1) is 3.99. The lowest BCUT2D eigenvalue weighted by atomic mass is 10.3. The Morgan fingerprint density at radius 3 is 2.11 bits per heavy atom. The lowest BCUT2D eigenvalue weighted by molar-refractivity contribution is -0.135. The molecule has 1 saturated heterocycles. The number of hydrogen-bond donors (Lipinski definition) is 0. The fraction of sp³-hybridized carbons (Fsp3) is 1.00. The van der Waals surface area contributed by atoms with Crippen LogP contribution in [0.5, 0.6) is 0 Å². The molecule has 4 heteroatoms. The van der Waals surface area contributed by atoms with Crippen LogP contribution in [0.4, 0.5) is 13.2 Å². The lowest BCUT2D eigenvalue weighted by Gasteiger charge is -2.02. The second kappa shape index (κ2) is 1.87. The number of hydrogen-bond acceptors (Lipinski definition) is 1. The van der Waals surface area contributed by atoms with Gasteiger partial charge in [-0.2, -0.15) is 13.2 Å². The fourth-order valence-electron chi connectivity index (χ4n) is 0.773. The molecule has 0 aromatic heterocycles. The summed E-state index contributed by atoms with van der Waals surface area (Å²) in [7, 11) is 1.69. The van der Waals surface area contributed by atoms with Crippen LogP contribution < -0.4 is 0 Å². The van der Waals surface area contributed by atoms with Crippen molar-refractivity contribution in [3.05, 3.63) is 0 Å². The first-order valence-electron chi connectivity index (χ1n) is 2.76. The first-order valence-corrected chi connectivity index (χ1v) is 2.76. The molecule has 1 unspecified atom stereocenters. The number of rotatable bonds is 1. The highest BCUT2D eigenvalue weighted by atomic mass is 19.4. The Kier molecular flexibility index (Phi) is 1.42. The zero-order valence-electron chi connectivity index (χ0n) is 5.07. The quantitative estimate of drug-likeness (QED) is 0.494. The maximum Gasteiger partial charge on any atom is 0.390 e. The average Bonchev–Trinajstić information content (AvgIpc) is 2.13. The maximum atomic E-state index is 11.5. The van der Waals surface area contributed by atoms with Gasteiger partial charge in [-0.3, -0.25) is 0 Å². The monoisotopic (exact) mass is 139 g/mol. The van der Waals surface area contributed by atoms with Crippen molar-refractivity contribution in [1.82, 2.24) is 4.90 Å². The highest BCUT2D eigenvalue weighted by Gasteiger charge is 2.40. The normalized spacial score (nSPS) is 34.7. The number of halogens is 3. The number of nitrogens with zero attached hydrogens (tertiary/aromatic N) is 1. The van der Waals surface area contributed by atoms with E-state index in [-0.39, 0.29) is 6.04 Å². The molecule has 0 bridgehead atoms. The van der Waals surface area contributed by atoms with E-state index in [0.29, 0.717) is 6.54 Å². The van der Waals surface area contributed by atoms with Crippen molar-refractivity contribution in [2.45, 2.75) is 18.6 Å². The standard InChI is InChI=1S/C5H8F3N/c1-9-3-4(9)2-5(6,7)8/h4H,2-3H2,1H3/t4-,9?/m1/s1. The van der Waals surface area contributed by atoms with Crippen molar-refractivity contribution in [2.75, 3.05) is 13.6 Å². The van der Waals surface area contributed by atoms with Crippen LogP contribution in [0.25, 0.3) is 0 Å². The zero-order valence-corrected chi connectivity index (χ0v) is 5.07. The van der Waals surface area contributed by atoms with Crippen LogP contribution in [0.1, 0.15) is 6.42 Å². The van der Waals surface area contributed by atoms with Crippen molar-refractivity contribution >= 4 is 0 Å². The molecule has 1 heterocycles. The van der Waals surface area contributed by atoms with E-state index < -0.39 is 12.6 Å². The molecule has 1 rings (SSSR count). The third-order valence-corrected chi connectivity index (χ3v) is 1.46. The second-order valence-electron chi connectivity index (χ2n) is 2.41. The summed E-state index contributed by atoms with van der Waals surface area (Å²) in [6.45, 7) is 0.597. The van der Waals surface area contributed by atoms with Gasteiger partial charge >= 0.3 is 6.18 Å². The number of alkyl halides is 3. The largest absolute Gasteiger partial charge is 0.390 e. The van der Waals surface area contributed by atoms with E-state index in [0.717, 1.165) is 0 Å². The molecule has 54 valence electrons. The third-order valence-electron chi connectivity index (χ3n) is 1.46. The Bertz CT molecular complexity index is 109. The Morgan fingerprint density at radius 2 is 2.00 bits per heavy atom. The van der Waals surface area contributed by atoms with Gasteiger partial charge in [-0.25, -0.2) is 0 Å². The van der Waals surface area contributed by atoms with E-state index in [4.69, 9.17) is 0 Å². The van der Waals surface area contributed by atoms with E-state index in [1.807, 2.05) is 0 Å². The topological polar surface area (TPSA) is 3.01 Å². The van der Waals surface area contributed by atoms with Gasteiger partial charge in [-0.1, -0.05) is 0 Å². The van der Waals surface area contributed by atoms with Crippen LogP contribution in [0.15, 0.2) is 0 Å². The molecule has 0 N–H and O–H groups in total. The van der Waals surface area contributed by atoms with E-state index >= 15 is 0 Å². The SMILES string of the molecule is CN1C[C@H]1CC(F)(F)F. The van der Waals surface area contributed by atoms with Crippen molar-refractivity contribution in [3.8, 4) is 0 Å². The maximum absolute atomic E-state index is 11.5. The Labute approximate surface area is 51.4 Å². The number of likely N-dealkylation sites (N-methyl/N-ethyl adjacent to an activating group) is 1. The minimum Gasteiger partial charge on any atom is -0.300 e. The first kappa shape index (κ1) is 6.86. The van der Waals surface area contributed by atoms with Crippen LogP contribution in [-0.4, -0.2) is 30.7 Å². The van der Waals surface area contributed by atoms with Gasteiger partial charge in [0.05, 0.1) is 6.42 Å².